The van der Waals surface area contributed by atoms with Gasteiger partial charge in [0.2, 0.25) is 0 Å². The molecule has 0 saturated carbocycles. The van der Waals surface area contributed by atoms with Gasteiger partial charge in [0.25, 0.3) is 0 Å². The van der Waals surface area contributed by atoms with Crippen molar-refractivity contribution < 1.29 is 9.29 Å². The van der Waals surface area contributed by atoms with Crippen molar-refractivity contribution in [3.05, 3.63) is 0 Å². The van der Waals surface area contributed by atoms with Crippen LogP contribution in [0.15, 0.2) is 0 Å². The van der Waals surface area contributed by atoms with Crippen molar-refractivity contribution in [1.29, 1.82) is 0 Å². The molecule has 0 aliphatic rings. The monoisotopic (exact) mass is 122 g/mol. The van der Waals surface area contributed by atoms with Crippen LogP contribution in [0.4, 0.5) is 0 Å². The Balaban J connectivity index is 2.45. The lowest BCUT2D eigenvalue weighted by Crippen LogP contribution is -1.88. The Hall–Kier alpha value is 0.270. The molecule has 0 bridgehead atoms. The lowest BCUT2D eigenvalue weighted by atomic mass is 10.5. The van der Waals surface area contributed by atoms with E-state index in [1.54, 1.807) is 7.11 Å². The van der Waals surface area contributed by atoms with Crippen LogP contribution in [0.25, 0.3) is 0 Å². The van der Waals surface area contributed by atoms with E-state index in [2.05, 4.69) is 0 Å². The second kappa shape index (κ2) is 6.27. The first-order chi connectivity index (χ1) is 3.41. The van der Waals surface area contributed by atoms with E-state index < -0.39 is 0 Å². The van der Waals surface area contributed by atoms with Gasteiger partial charge in [-0.25, -0.2) is 0 Å². The molecule has 0 aliphatic carbocycles. The molecule has 0 fully saturated rings. The number of methoxy groups -OCH3 is 1. The van der Waals surface area contributed by atoms with Gasteiger partial charge in [0.1, 0.15) is 0 Å². The molecule has 0 unspecified atom stereocenters. The van der Waals surface area contributed by atoms with Crippen LogP contribution in [0.1, 0.15) is 6.42 Å². The van der Waals surface area contributed by atoms with Crippen molar-refractivity contribution in [3.63, 3.8) is 0 Å². The molecular weight excluding hydrogens is 112 g/mol. The third-order valence-corrected chi connectivity index (χ3v) is 1.06. The van der Waals surface area contributed by atoms with Crippen LogP contribution >= 0.6 is 12.0 Å². The van der Waals surface area contributed by atoms with E-state index >= 15 is 0 Å². The highest BCUT2D eigenvalue weighted by Gasteiger charge is 1.81. The van der Waals surface area contributed by atoms with Crippen LogP contribution < -0.4 is 0 Å². The van der Waals surface area contributed by atoms with E-state index in [0.29, 0.717) is 0 Å². The fraction of sp³-hybridized carbons (Fsp3) is 1.00. The lowest BCUT2D eigenvalue weighted by molar-refractivity contribution is 0.200. The molecule has 2 nitrogen and oxygen atoms in total. The van der Waals surface area contributed by atoms with Crippen LogP contribution in [0.3, 0.4) is 0 Å². The smallest absolute Gasteiger partial charge is 0.0470 e. The molecule has 0 aromatic carbocycles. The summed E-state index contributed by atoms with van der Waals surface area (Å²) in [5.41, 5.74) is 0. The van der Waals surface area contributed by atoms with Gasteiger partial charge in [0.15, 0.2) is 0 Å². The van der Waals surface area contributed by atoms with E-state index in [1.165, 1.54) is 0 Å². The summed E-state index contributed by atoms with van der Waals surface area (Å²) < 4.78 is 12.9. The Kier molecular flexibility index (Phi) is 6.51. The van der Waals surface area contributed by atoms with Gasteiger partial charge in [-0.2, -0.15) is 0 Å². The highest BCUT2D eigenvalue weighted by atomic mass is 32.2. The van der Waals surface area contributed by atoms with Crippen LogP contribution in [0.2, 0.25) is 0 Å². The summed E-state index contributed by atoms with van der Waals surface area (Å²) in [7, 11) is 1.65. The van der Waals surface area contributed by atoms with Gasteiger partial charge in [-0.3, -0.25) is 0 Å². The summed E-state index contributed by atoms with van der Waals surface area (Å²) in [6, 6.07) is 0. The van der Waals surface area contributed by atoms with Gasteiger partial charge in [0.05, 0.1) is 0 Å². The maximum atomic E-state index is 8.15. The molecule has 44 valence electrons. The first kappa shape index (κ1) is 7.27. The maximum Gasteiger partial charge on any atom is 0.0470 e. The molecule has 0 atom stereocenters. The van der Waals surface area contributed by atoms with Crippen molar-refractivity contribution in [2.24, 2.45) is 0 Å². The van der Waals surface area contributed by atoms with Gasteiger partial charge < -0.3 is 9.29 Å². The minimum Gasteiger partial charge on any atom is -0.385 e. The molecule has 0 heterocycles. The third kappa shape index (κ3) is 6.27. The van der Waals surface area contributed by atoms with Crippen LogP contribution in [-0.4, -0.2) is 24.0 Å². The lowest BCUT2D eigenvalue weighted by Gasteiger charge is -1.91. The van der Waals surface area contributed by atoms with Crippen molar-refractivity contribution >= 4 is 12.0 Å². The summed E-state index contributed by atoms with van der Waals surface area (Å²) in [4.78, 5) is 0. The predicted molar refractivity (Wildman–Crippen MR) is 31.6 cm³/mol. The predicted octanol–water partition coefficient (Wildman–Crippen LogP) is 1.23. The molecule has 0 aromatic heterocycles. The molecule has 0 rings (SSSR count). The number of ether oxygens (including phenoxy) is 1. The van der Waals surface area contributed by atoms with Gasteiger partial charge in [-0.1, -0.05) is 0 Å². The van der Waals surface area contributed by atoms with Gasteiger partial charge in [-0.15, -0.1) is 0 Å². The molecule has 3 heteroatoms. The van der Waals surface area contributed by atoms with Crippen molar-refractivity contribution in [2.75, 3.05) is 19.5 Å². The van der Waals surface area contributed by atoms with Crippen molar-refractivity contribution in [3.8, 4) is 0 Å². The first-order valence-electron chi connectivity index (χ1n) is 2.17. The Bertz CT molecular complexity index is 28.9. The fourth-order valence-electron chi connectivity index (χ4n) is 0.268. The van der Waals surface area contributed by atoms with Crippen LogP contribution in [0, 0.1) is 0 Å². The number of hydrogen-bond acceptors (Lipinski definition) is 3. The van der Waals surface area contributed by atoms with Gasteiger partial charge in [0, 0.05) is 19.5 Å². The standard InChI is InChI=1S/C4H10O2S/c1-6-3-2-4-7-5/h5H,2-4H2,1H3. The zero-order chi connectivity index (χ0) is 5.54. The summed E-state index contributed by atoms with van der Waals surface area (Å²) in [5, 5.41) is 0. The zero-order valence-corrected chi connectivity index (χ0v) is 5.20. The Morgan fingerprint density at radius 2 is 2.43 bits per heavy atom. The summed E-state index contributed by atoms with van der Waals surface area (Å²) in [6.45, 7) is 0.744. The SMILES string of the molecule is COCCCSO. The minimum absolute atomic E-state index is 0.744. The van der Waals surface area contributed by atoms with E-state index in [-0.39, 0.29) is 0 Å². The molecule has 0 amide bonds. The van der Waals surface area contributed by atoms with Crippen molar-refractivity contribution in [1.82, 2.24) is 0 Å². The van der Waals surface area contributed by atoms with E-state index in [4.69, 9.17) is 9.29 Å². The van der Waals surface area contributed by atoms with Gasteiger partial charge >= 0.3 is 0 Å². The molecule has 0 aliphatic heterocycles. The molecule has 0 spiro atoms. The number of rotatable bonds is 4. The highest BCUT2D eigenvalue weighted by Crippen LogP contribution is 1.93. The van der Waals surface area contributed by atoms with Gasteiger partial charge in [-0.05, 0) is 18.5 Å². The quantitative estimate of drug-likeness (QED) is 0.449. The highest BCUT2D eigenvalue weighted by molar-refractivity contribution is 7.93. The largest absolute Gasteiger partial charge is 0.385 e. The topological polar surface area (TPSA) is 29.5 Å². The molecule has 0 aromatic rings. The molecule has 0 saturated heterocycles. The Labute approximate surface area is 48.1 Å². The molecule has 0 radical (unpaired) electrons. The molecule has 1 N–H and O–H groups in total. The van der Waals surface area contributed by atoms with Crippen LogP contribution in [-0.2, 0) is 4.74 Å². The molecule has 7 heavy (non-hydrogen) atoms. The second-order valence-corrected chi connectivity index (χ2v) is 1.85. The third-order valence-electron chi connectivity index (χ3n) is 0.584. The normalized spacial score (nSPS) is 9.43. The fourth-order valence-corrected chi connectivity index (χ4v) is 0.515. The maximum absolute atomic E-state index is 8.15. The zero-order valence-electron chi connectivity index (χ0n) is 4.39. The average Bonchev–Trinajstić information content (AvgIpc) is 1.69. The van der Waals surface area contributed by atoms with E-state index in [9.17, 15) is 0 Å². The average molecular weight is 122 g/mol. The minimum atomic E-state index is 0.744. The van der Waals surface area contributed by atoms with E-state index in [0.717, 1.165) is 30.8 Å². The van der Waals surface area contributed by atoms with E-state index in [1.807, 2.05) is 0 Å². The summed E-state index contributed by atoms with van der Waals surface area (Å²) in [5.74, 6) is 0.772. The molecular formula is C4H10O2S. The second-order valence-electron chi connectivity index (χ2n) is 1.18. The summed E-state index contributed by atoms with van der Waals surface area (Å²) in [6.07, 6.45) is 0.928. The van der Waals surface area contributed by atoms with Crippen LogP contribution in [0.5, 0.6) is 0 Å². The van der Waals surface area contributed by atoms with Crippen molar-refractivity contribution in [2.45, 2.75) is 6.42 Å². The Morgan fingerprint density at radius 1 is 1.71 bits per heavy atom. The first-order valence-corrected chi connectivity index (χ1v) is 3.11. The summed E-state index contributed by atoms with van der Waals surface area (Å²) >= 11 is 0.862. The number of hydrogen-bond donors (Lipinski definition) is 1. The Morgan fingerprint density at radius 3 is 2.86 bits per heavy atom.